The van der Waals surface area contributed by atoms with Crippen LogP contribution in [0.5, 0.6) is 0 Å². The molecule has 0 saturated heterocycles. The molecular formula is C17H22O4. The van der Waals surface area contributed by atoms with Gasteiger partial charge >= 0.3 is 5.97 Å². The van der Waals surface area contributed by atoms with Gasteiger partial charge < -0.3 is 9.47 Å². The fourth-order valence-electron chi connectivity index (χ4n) is 2.70. The van der Waals surface area contributed by atoms with Crippen LogP contribution < -0.4 is 0 Å². The minimum atomic E-state index is -0.841. The Bertz CT molecular complexity index is 569. The van der Waals surface area contributed by atoms with Crippen molar-refractivity contribution in [1.82, 2.24) is 0 Å². The summed E-state index contributed by atoms with van der Waals surface area (Å²) in [4.78, 5) is 23.0. The topological polar surface area (TPSA) is 52.6 Å². The summed E-state index contributed by atoms with van der Waals surface area (Å²) in [6.07, 6.45) is 3.28. The molecule has 0 amide bonds. The number of methoxy groups -OCH3 is 2. The lowest BCUT2D eigenvalue weighted by Crippen LogP contribution is -2.50. The number of carbonyl (C=O) groups excluding carboxylic acids is 2. The molecule has 0 saturated carbocycles. The van der Waals surface area contributed by atoms with Crippen molar-refractivity contribution in [1.29, 1.82) is 0 Å². The molecule has 1 atom stereocenters. The van der Waals surface area contributed by atoms with Gasteiger partial charge in [-0.2, -0.15) is 0 Å². The van der Waals surface area contributed by atoms with E-state index in [0.29, 0.717) is 12.0 Å². The zero-order chi connectivity index (χ0) is 16.3. The summed E-state index contributed by atoms with van der Waals surface area (Å²) in [7, 11) is 2.90. The van der Waals surface area contributed by atoms with Gasteiger partial charge in [0.2, 0.25) is 0 Å². The molecule has 1 rings (SSSR count). The molecule has 0 radical (unpaired) electrons. The van der Waals surface area contributed by atoms with E-state index in [9.17, 15) is 9.59 Å². The summed E-state index contributed by atoms with van der Waals surface area (Å²) in [6, 6.07) is 0. The van der Waals surface area contributed by atoms with E-state index in [4.69, 9.17) is 4.74 Å². The number of rotatable bonds is 2. The van der Waals surface area contributed by atoms with Crippen molar-refractivity contribution in [3.05, 3.63) is 23.3 Å². The maximum absolute atomic E-state index is 11.8. The first kappa shape index (κ1) is 17.2. The Morgan fingerprint density at radius 1 is 1.38 bits per heavy atom. The normalized spacial score (nSPS) is 24.8. The molecule has 1 aliphatic rings. The van der Waals surface area contributed by atoms with E-state index >= 15 is 0 Å². The van der Waals surface area contributed by atoms with E-state index in [1.165, 1.54) is 13.2 Å². The number of ketones is 1. The molecule has 0 aliphatic heterocycles. The predicted molar refractivity (Wildman–Crippen MR) is 80.5 cm³/mol. The summed E-state index contributed by atoms with van der Waals surface area (Å²) < 4.78 is 10.3. The highest BCUT2D eigenvalue weighted by Gasteiger charge is 2.49. The van der Waals surface area contributed by atoms with E-state index in [0.717, 1.165) is 5.57 Å². The highest BCUT2D eigenvalue weighted by Crippen LogP contribution is 2.45. The number of hydrogen-bond donors (Lipinski definition) is 0. The van der Waals surface area contributed by atoms with Crippen molar-refractivity contribution in [3.63, 3.8) is 0 Å². The second-order valence-corrected chi connectivity index (χ2v) is 5.84. The summed E-state index contributed by atoms with van der Waals surface area (Å²) in [5.74, 6) is 5.68. The zero-order valence-corrected chi connectivity index (χ0v) is 13.5. The maximum Gasteiger partial charge on any atom is 0.331 e. The monoisotopic (exact) mass is 290 g/mol. The lowest BCUT2D eigenvalue weighted by Gasteiger charge is -2.44. The fourth-order valence-corrected chi connectivity index (χ4v) is 2.70. The van der Waals surface area contributed by atoms with E-state index in [-0.39, 0.29) is 5.78 Å². The number of hydrogen-bond acceptors (Lipinski definition) is 4. The van der Waals surface area contributed by atoms with Crippen LogP contribution >= 0.6 is 0 Å². The van der Waals surface area contributed by atoms with Gasteiger partial charge in [-0.15, -0.1) is 0 Å². The third kappa shape index (κ3) is 3.43. The molecule has 4 heteroatoms. The molecule has 114 valence electrons. The third-order valence-corrected chi connectivity index (χ3v) is 3.78. The van der Waals surface area contributed by atoms with Crippen molar-refractivity contribution in [2.24, 2.45) is 5.41 Å². The summed E-state index contributed by atoms with van der Waals surface area (Å²) in [6.45, 7) is 7.49. The Morgan fingerprint density at radius 3 is 2.48 bits per heavy atom. The molecule has 0 aromatic carbocycles. The average Bonchev–Trinajstić information content (AvgIpc) is 2.37. The molecule has 0 fully saturated rings. The highest BCUT2D eigenvalue weighted by molar-refractivity contribution is 5.93. The van der Waals surface area contributed by atoms with Crippen LogP contribution in [0.25, 0.3) is 0 Å². The zero-order valence-electron chi connectivity index (χ0n) is 13.5. The molecule has 4 nitrogen and oxygen atoms in total. The molecule has 0 bridgehead atoms. The second-order valence-electron chi connectivity index (χ2n) is 5.84. The molecule has 0 aromatic rings. The Balaban J connectivity index is 3.29. The van der Waals surface area contributed by atoms with Gasteiger partial charge in [0.25, 0.3) is 0 Å². The fraction of sp³-hybridized carbons (Fsp3) is 0.529. The second kappa shape index (κ2) is 6.28. The van der Waals surface area contributed by atoms with Crippen molar-refractivity contribution in [2.45, 2.75) is 39.7 Å². The Labute approximate surface area is 126 Å². The van der Waals surface area contributed by atoms with E-state index in [1.807, 2.05) is 20.8 Å². The van der Waals surface area contributed by atoms with Crippen LogP contribution in [0.2, 0.25) is 0 Å². The van der Waals surface area contributed by atoms with Crippen LogP contribution in [-0.2, 0) is 19.1 Å². The Hall–Kier alpha value is -1.86. The summed E-state index contributed by atoms with van der Waals surface area (Å²) >= 11 is 0. The minimum absolute atomic E-state index is 0.0776. The van der Waals surface area contributed by atoms with Crippen molar-refractivity contribution < 1.29 is 19.1 Å². The third-order valence-electron chi connectivity index (χ3n) is 3.78. The van der Waals surface area contributed by atoms with Gasteiger partial charge in [-0.3, -0.25) is 4.79 Å². The standard InChI is InChI=1S/C17H22O4/c1-12(9-15(19)20-5)7-8-17(21-6)13(2)10-14(18)11-16(17,3)4/h9-10H,11H2,1-6H3/b12-9-/t17-/m0/s1. The van der Waals surface area contributed by atoms with Crippen LogP contribution in [0.4, 0.5) is 0 Å². The van der Waals surface area contributed by atoms with Crippen LogP contribution in [0, 0.1) is 17.3 Å². The van der Waals surface area contributed by atoms with Gasteiger partial charge in [-0.1, -0.05) is 25.7 Å². The van der Waals surface area contributed by atoms with E-state index in [2.05, 4.69) is 16.6 Å². The largest absolute Gasteiger partial charge is 0.466 e. The van der Waals surface area contributed by atoms with Gasteiger partial charge in [0, 0.05) is 30.6 Å². The van der Waals surface area contributed by atoms with Gasteiger partial charge in [0.05, 0.1) is 7.11 Å². The lowest BCUT2D eigenvalue weighted by atomic mass is 9.65. The van der Waals surface area contributed by atoms with Crippen molar-refractivity contribution in [3.8, 4) is 11.8 Å². The Morgan fingerprint density at radius 2 is 2.00 bits per heavy atom. The van der Waals surface area contributed by atoms with Gasteiger partial charge in [-0.25, -0.2) is 4.79 Å². The SMILES string of the molecule is COC(=O)/C=C(/C)C#C[C@]1(OC)C(C)=CC(=O)CC1(C)C. The quantitative estimate of drug-likeness (QED) is 0.445. The number of ether oxygens (including phenoxy) is 2. The molecule has 0 N–H and O–H groups in total. The van der Waals surface area contributed by atoms with E-state index < -0.39 is 17.0 Å². The molecule has 0 unspecified atom stereocenters. The minimum Gasteiger partial charge on any atom is -0.466 e. The summed E-state index contributed by atoms with van der Waals surface area (Å²) in [5, 5.41) is 0. The van der Waals surface area contributed by atoms with Gasteiger partial charge in [0.1, 0.15) is 0 Å². The van der Waals surface area contributed by atoms with Gasteiger partial charge in [0.15, 0.2) is 11.4 Å². The van der Waals surface area contributed by atoms with Crippen LogP contribution in [0.3, 0.4) is 0 Å². The first-order valence-corrected chi connectivity index (χ1v) is 6.74. The van der Waals surface area contributed by atoms with E-state index in [1.54, 1.807) is 20.1 Å². The number of allylic oxidation sites excluding steroid dienone is 2. The molecule has 1 aliphatic carbocycles. The van der Waals surface area contributed by atoms with Crippen LogP contribution in [-0.4, -0.2) is 31.6 Å². The smallest absolute Gasteiger partial charge is 0.331 e. The highest BCUT2D eigenvalue weighted by atomic mass is 16.5. The first-order chi connectivity index (χ1) is 9.68. The Kier molecular flexibility index (Phi) is 5.14. The molecule has 0 spiro atoms. The predicted octanol–water partition coefficient (Wildman–Crippen LogP) is 2.44. The molecule has 0 aromatic heterocycles. The van der Waals surface area contributed by atoms with Crippen LogP contribution in [0.15, 0.2) is 23.3 Å². The first-order valence-electron chi connectivity index (χ1n) is 6.74. The molecule has 0 heterocycles. The number of carbonyl (C=O) groups is 2. The van der Waals surface area contributed by atoms with Crippen molar-refractivity contribution >= 4 is 11.8 Å². The number of esters is 1. The van der Waals surface area contributed by atoms with Crippen LogP contribution in [0.1, 0.15) is 34.1 Å². The maximum atomic E-state index is 11.8. The average molecular weight is 290 g/mol. The van der Waals surface area contributed by atoms with Crippen molar-refractivity contribution in [2.75, 3.05) is 14.2 Å². The summed E-state index contributed by atoms with van der Waals surface area (Å²) in [5.41, 5.74) is 0.0749. The van der Waals surface area contributed by atoms with Gasteiger partial charge in [-0.05, 0) is 25.5 Å². The molecular weight excluding hydrogens is 268 g/mol. The molecule has 21 heavy (non-hydrogen) atoms. The lowest BCUT2D eigenvalue weighted by molar-refractivity contribution is -0.134.